The summed E-state index contributed by atoms with van der Waals surface area (Å²) in [5.41, 5.74) is 4.09. The molecular formula is C31H48N5O+. The van der Waals surface area contributed by atoms with Crippen LogP contribution >= 0.6 is 0 Å². The number of likely N-dealkylation sites (tertiary alicyclic amines) is 1. The molecule has 0 aliphatic carbocycles. The van der Waals surface area contributed by atoms with E-state index in [4.69, 9.17) is 0 Å². The van der Waals surface area contributed by atoms with E-state index >= 15 is 0 Å². The van der Waals surface area contributed by atoms with Gasteiger partial charge in [-0.1, -0.05) is 64.1 Å². The van der Waals surface area contributed by atoms with Gasteiger partial charge >= 0.3 is 0 Å². The van der Waals surface area contributed by atoms with Gasteiger partial charge in [0, 0.05) is 43.5 Å². The summed E-state index contributed by atoms with van der Waals surface area (Å²) in [6.07, 6.45) is 4.69. The van der Waals surface area contributed by atoms with Crippen molar-refractivity contribution in [2.45, 2.75) is 46.5 Å². The predicted molar refractivity (Wildman–Crippen MR) is 156 cm³/mol. The minimum atomic E-state index is 0.149. The fraction of sp³-hybridized carbons (Fsp3) is 0.548. The van der Waals surface area contributed by atoms with Gasteiger partial charge in [0.15, 0.2) is 6.21 Å². The summed E-state index contributed by atoms with van der Waals surface area (Å²) in [6, 6.07) is 19.3. The molecule has 1 N–H and O–H groups in total. The molecule has 37 heavy (non-hydrogen) atoms. The minimum Gasteiger partial charge on any atom is -0.369 e. The van der Waals surface area contributed by atoms with Crippen molar-refractivity contribution in [3.63, 3.8) is 0 Å². The van der Waals surface area contributed by atoms with E-state index in [1.54, 1.807) is 0 Å². The van der Waals surface area contributed by atoms with Gasteiger partial charge in [-0.3, -0.25) is 14.6 Å². The number of para-hydroxylation sites is 2. The van der Waals surface area contributed by atoms with E-state index in [9.17, 15) is 4.79 Å². The second kappa shape index (κ2) is 14.9. The van der Waals surface area contributed by atoms with Gasteiger partial charge in [-0.2, -0.15) is 0 Å². The highest BCUT2D eigenvalue weighted by Crippen LogP contribution is 2.39. The highest BCUT2D eigenvalue weighted by atomic mass is 16.2. The SMILES string of the molecule is CC.CC.C[N+]1=CC(C2CCN(CC(=O)NCN3CCN(c4ccccc4)CC3)CC2)c2ccccc21. The van der Waals surface area contributed by atoms with E-state index in [1.165, 1.54) is 16.9 Å². The average Bonchev–Trinajstić information content (AvgIpc) is 3.31. The maximum atomic E-state index is 12.6. The Morgan fingerprint density at radius 1 is 0.838 bits per heavy atom. The summed E-state index contributed by atoms with van der Waals surface area (Å²) in [4.78, 5) is 19.7. The average molecular weight is 507 g/mol. The van der Waals surface area contributed by atoms with Crippen molar-refractivity contribution in [1.82, 2.24) is 15.1 Å². The summed E-state index contributed by atoms with van der Waals surface area (Å²) in [5, 5.41) is 3.15. The fourth-order valence-electron chi connectivity index (χ4n) is 5.60. The van der Waals surface area contributed by atoms with E-state index in [0.29, 0.717) is 25.0 Å². The maximum absolute atomic E-state index is 12.6. The lowest BCUT2D eigenvalue weighted by molar-refractivity contribution is -0.396. The monoisotopic (exact) mass is 506 g/mol. The third kappa shape index (κ3) is 7.65. The molecule has 6 heteroatoms. The lowest BCUT2D eigenvalue weighted by Gasteiger charge is -2.36. The van der Waals surface area contributed by atoms with Crippen LogP contribution < -0.4 is 10.2 Å². The highest BCUT2D eigenvalue weighted by molar-refractivity contribution is 5.78. The number of anilines is 1. The van der Waals surface area contributed by atoms with Crippen molar-refractivity contribution < 1.29 is 9.37 Å². The Balaban J connectivity index is 0.000000907. The number of hydrogen-bond acceptors (Lipinski definition) is 4. The van der Waals surface area contributed by atoms with Gasteiger partial charge < -0.3 is 10.2 Å². The van der Waals surface area contributed by atoms with Gasteiger partial charge in [0.1, 0.15) is 7.05 Å². The Bertz CT molecular complexity index is 976. The van der Waals surface area contributed by atoms with Crippen LogP contribution in [0.4, 0.5) is 11.4 Å². The maximum Gasteiger partial charge on any atom is 0.235 e. The standard InChI is InChI=1S/C27H35N5O.2C2H6/c1-29-19-25(24-9-5-6-10-26(24)29)22-11-13-30(14-12-22)20-27(33)28-21-31-15-17-32(18-16-31)23-7-3-2-4-8-23;2*1-2/h2-10,19,22,25H,11-18,20-21H2,1H3;2*1-2H3/p+1. The number of carbonyl (C=O) groups excluding carboxylic acids is 1. The Kier molecular flexibility index (Phi) is 11.6. The van der Waals surface area contributed by atoms with Crippen molar-refractivity contribution in [1.29, 1.82) is 0 Å². The molecule has 1 unspecified atom stereocenters. The number of fused-ring (bicyclic) bond motifs is 1. The number of carbonyl (C=O) groups is 1. The fourth-order valence-corrected chi connectivity index (χ4v) is 5.60. The summed E-state index contributed by atoms with van der Waals surface area (Å²) < 4.78 is 2.28. The zero-order valence-corrected chi connectivity index (χ0v) is 23.7. The lowest BCUT2D eigenvalue weighted by atomic mass is 9.81. The zero-order valence-electron chi connectivity index (χ0n) is 23.7. The molecule has 2 aromatic rings. The molecule has 1 atom stereocenters. The number of piperidine rings is 1. The molecule has 3 aliphatic heterocycles. The summed E-state index contributed by atoms with van der Waals surface area (Å²) in [5.74, 6) is 1.32. The summed E-state index contributed by atoms with van der Waals surface area (Å²) in [7, 11) is 2.15. The summed E-state index contributed by atoms with van der Waals surface area (Å²) >= 11 is 0. The van der Waals surface area contributed by atoms with Crippen LogP contribution in [0.25, 0.3) is 0 Å². The number of hydrogen-bond donors (Lipinski definition) is 1. The van der Waals surface area contributed by atoms with Gasteiger partial charge in [-0.25, -0.2) is 4.58 Å². The van der Waals surface area contributed by atoms with Gasteiger partial charge in [0.05, 0.1) is 19.1 Å². The number of piperazine rings is 1. The first-order valence-electron chi connectivity index (χ1n) is 14.4. The predicted octanol–water partition coefficient (Wildman–Crippen LogP) is 4.79. The molecular weight excluding hydrogens is 458 g/mol. The number of amides is 1. The quantitative estimate of drug-likeness (QED) is 0.572. The second-order valence-electron chi connectivity index (χ2n) is 9.66. The smallest absolute Gasteiger partial charge is 0.235 e. The molecule has 3 heterocycles. The molecule has 0 radical (unpaired) electrons. The molecule has 3 aliphatic rings. The second-order valence-corrected chi connectivity index (χ2v) is 9.66. The molecule has 6 nitrogen and oxygen atoms in total. The van der Waals surface area contributed by atoms with Gasteiger partial charge in [-0.15, -0.1) is 0 Å². The van der Waals surface area contributed by atoms with Crippen LogP contribution in [0.15, 0.2) is 54.6 Å². The molecule has 0 aromatic heterocycles. The first-order chi connectivity index (χ1) is 18.2. The first kappa shape index (κ1) is 28.9. The zero-order chi connectivity index (χ0) is 26.6. The van der Waals surface area contributed by atoms with Crippen LogP contribution in [0.2, 0.25) is 0 Å². The Morgan fingerprint density at radius 2 is 1.46 bits per heavy atom. The third-order valence-electron chi connectivity index (χ3n) is 7.56. The largest absolute Gasteiger partial charge is 0.369 e. The van der Waals surface area contributed by atoms with Crippen LogP contribution in [0, 0.1) is 5.92 Å². The van der Waals surface area contributed by atoms with E-state index in [1.807, 2.05) is 27.7 Å². The molecule has 5 rings (SSSR count). The van der Waals surface area contributed by atoms with E-state index in [-0.39, 0.29) is 5.91 Å². The molecule has 2 saturated heterocycles. The number of rotatable bonds is 6. The Hall–Kier alpha value is -2.70. The van der Waals surface area contributed by atoms with Crippen LogP contribution in [-0.4, -0.2) is 86.0 Å². The van der Waals surface area contributed by atoms with E-state index < -0.39 is 0 Å². The van der Waals surface area contributed by atoms with Gasteiger partial charge in [-0.05, 0) is 44.0 Å². The molecule has 202 valence electrons. The van der Waals surface area contributed by atoms with Crippen LogP contribution in [0.1, 0.15) is 52.0 Å². The number of benzene rings is 2. The molecule has 2 fully saturated rings. The van der Waals surface area contributed by atoms with Crippen molar-refractivity contribution in [3.8, 4) is 0 Å². The lowest BCUT2D eigenvalue weighted by Crippen LogP contribution is -2.51. The van der Waals surface area contributed by atoms with Crippen LogP contribution in [0.3, 0.4) is 0 Å². The normalized spacial score (nSPS) is 20.1. The molecule has 0 bridgehead atoms. The number of nitrogens with one attached hydrogen (secondary N) is 1. The van der Waals surface area contributed by atoms with Crippen molar-refractivity contribution in [3.05, 3.63) is 60.2 Å². The van der Waals surface area contributed by atoms with E-state index in [2.05, 4.69) is 92.5 Å². The molecule has 1 amide bonds. The van der Waals surface area contributed by atoms with E-state index in [0.717, 1.165) is 52.1 Å². The Labute approximate surface area is 225 Å². The van der Waals surface area contributed by atoms with Crippen molar-refractivity contribution in [2.24, 2.45) is 5.92 Å². The molecule has 0 saturated carbocycles. The topological polar surface area (TPSA) is 41.8 Å². The molecule has 0 spiro atoms. The Morgan fingerprint density at radius 3 is 2.14 bits per heavy atom. The van der Waals surface area contributed by atoms with Gasteiger partial charge in [0.25, 0.3) is 0 Å². The minimum absolute atomic E-state index is 0.149. The van der Waals surface area contributed by atoms with Crippen LogP contribution in [-0.2, 0) is 4.79 Å². The number of nitrogens with zero attached hydrogens (tertiary/aromatic N) is 4. The van der Waals surface area contributed by atoms with Crippen LogP contribution in [0.5, 0.6) is 0 Å². The van der Waals surface area contributed by atoms with Crippen molar-refractivity contribution in [2.75, 3.05) is 64.4 Å². The highest BCUT2D eigenvalue weighted by Gasteiger charge is 2.36. The van der Waals surface area contributed by atoms with Crippen molar-refractivity contribution >= 4 is 23.5 Å². The third-order valence-corrected chi connectivity index (χ3v) is 7.56. The summed E-state index contributed by atoms with van der Waals surface area (Å²) in [6.45, 7) is 15.1. The first-order valence-corrected chi connectivity index (χ1v) is 14.4. The molecule has 2 aromatic carbocycles. The van der Waals surface area contributed by atoms with Gasteiger partial charge in [0.2, 0.25) is 11.6 Å².